The predicted molar refractivity (Wildman–Crippen MR) is 98.9 cm³/mol. The van der Waals surface area contributed by atoms with Crippen molar-refractivity contribution in [2.24, 2.45) is 0 Å². The van der Waals surface area contributed by atoms with Crippen LogP contribution >= 0.6 is 0 Å². The second-order valence-corrected chi connectivity index (χ2v) is 6.38. The maximum absolute atomic E-state index is 5.74. The summed E-state index contributed by atoms with van der Waals surface area (Å²) >= 11 is 0. The monoisotopic (exact) mass is 327 g/mol. The van der Waals surface area contributed by atoms with Crippen molar-refractivity contribution >= 4 is 0 Å². The van der Waals surface area contributed by atoms with E-state index in [0.29, 0.717) is 6.61 Å². The molecule has 2 aromatic carbocycles. The van der Waals surface area contributed by atoms with Gasteiger partial charge in [0, 0.05) is 26.7 Å². The van der Waals surface area contributed by atoms with Crippen LogP contribution < -0.4 is 0 Å². The van der Waals surface area contributed by atoms with E-state index < -0.39 is 0 Å². The van der Waals surface area contributed by atoms with Gasteiger partial charge in [-0.3, -0.25) is 4.90 Å². The molecule has 0 spiro atoms. The Hall–Kier alpha value is -1.68. The van der Waals surface area contributed by atoms with E-state index >= 15 is 0 Å². The minimum absolute atomic E-state index is 0.0693. The van der Waals surface area contributed by atoms with Gasteiger partial charge in [0.15, 0.2) is 0 Å². The van der Waals surface area contributed by atoms with Gasteiger partial charge in [0.2, 0.25) is 0 Å². The minimum Gasteiger partial charge on any atom is -0.378 e. The van der Waals surface area contributed by atoms with Gasteiger partial charge in [-0.05, 0) is 25.0 Å². The Balaban J connectivity index is 2.03. The normalized spacial score (nSPS) is 12.7. The van der Waals surface area contributed by atoms with E-state index in [1.807, 2.05) is 0 Å². The number of nitrogens with zero attached hydrogens (tertiary/aromatic N) is 1. The van der Waals surface area contributed by atoms with Crippen molar-refractivity contribution in [3.8, 4) is 0 Å². The number of rotatable bonds is 10. The molecule has 0 amide bonds. The average Bonchev–Trinajstić information content (AvgIpc) is 2.60. The molecule has 3 heteroatoms. The lowest BCUT2D eigenvalue weighted by Gasteiger charge is -2.27. The molecule has 1 atom stereocenters. The molecule has 0 aliphatic rings. The van der Waals surface area contributed by atoms with Gasteiger partial charge < -0.3 is 9.47 Å². The topological polar surface area (TPSA) is 21.7 Å². The fraction of sp³-hybridized carbons (Fsp3) is 0.429. The number of hydrogen-bond donors (Lipinski definition) is 0. The van der Waals surface area contributed by atoms with E-state index in [2.05, 4.69) is 79.4 Å². The maximum atomic E-state index is 5.74. The summed E-state index contributed by atoms with van der Waals surface area (Å²) in [5.74, 6) is 0. The van der Waals surface area contributed by atoms with Crippen LogP contribution in [0.5, 0.6) is 0 Å². The third kappa shape index (κ3) is 6.83. The van der Waals surface area contributed by atoms with E-state index in [1.54, 1.807) is 7.11 Å². The van der Waals surface area contributed by atoms with E-state index in [1.165, 1.54) is 11.1 Å². The first-order valence-corrected chi connectivity index (χ1v) is 8.62. The van der Waals surface area contributed by atoms with Crippen molar-refractivity contribution in [3.63, 3.8) is 0 Å². The molecule has 2 rings (SSSR count). The van der Waals surface area contributed by atoms with Crippen molar-refractivity contribution in [1.29, 1.82) is 0 Å². The number of ether oxygens (including phenoxy) is 2. The average molecular weight is 327 g/mol. The lowest BCUT2D eigenvalue weighted by Crippen LogP contribution is -2.36. The Bertz CT molecular complexity index is 515. The largest absolute Gasteiger partial charge is 0.378 e. The fourth-order valence-corrected chi connectivity index (χ4v) is 2.65. The van der Waals surface area contributed by atoms with E-state index in [9.17, 15) is 0 Å². The van der Waals surface area contributed by atoms with Gasteiger partial charge in [0.05, 0.1) is 18.8 Å². The van der Waals surface area contributed by atoms with Gasteiger partial charge in [-0.15, -0.1) is 0 Å². The van der Waals surface area contributed by atoms with Crippen LogP contribution in [-0.4, -0.2) is 37.4 Å². The summed E-state index contributed by atoms with van der Waals surface area (Å²) in [6, 6.07) is 21.2. The Kier molecular flexibility index (Phi) is 7.96. The highest BCUT2D eigenvalue weighted by Crippen LogP contribution is 2.12. The molecule has 3 nitrogen and oxygen atoms in total. The standard InChI is InChI=1S/C21H29NO2/c1-18(2)24-17-21(23-3)16-22(14-19-10-6-4-7-11-19)15-20-12-8-5-9-13-20/h4-13,18,21H,14-17H2,1-3H3. The van der Waals surface area contributed by atoms with Gasteiger partial charge >= 0.3 is 0 Å². The first-order chi connectivity index (χ1) is 11.7. The molecule has 0 saturated carbocycles. The summed E-state index contributed by atoms with van der Waals surface area (Å²) in [4.78, 5) is 2.42. The van der Waals surface area contributed by atoms with Crippen LogP contribution in [-0.2, 0) is 22.6 Å². The molecule has 0 radical (unpaired) electrons. The van der Waals surface area contributed by atoms with Crippen molar-refractivity contribution in [2.75, 3.05) is 20.3 Å². The van der Waals surface area contributed by atoms with E-state index in [4.69, 9.17) is 9.47 Å². The van der Waals surface area contributed by atoms with Crippen molar-refractivity contribution in [2.45, 2.75) is 39.1 Å². The summed E-state index contributed by atoms with van der Waals surface area (Å²) in [7, 11) is 1.76. The summed E-state index contributed by atoms with van der Waals surface area (Å²) in [6.45, 7) is 7.37. The molecule has 2 aromatic rings. The SMILES string of the molecule is COC(COC(C)C)CN(Cc1ccccc1)Cc1ccccc1. The Morgan fingerprint density at radius 1 is 0.833 bits per heavy atom. The maximum Gasteiger partial charge on any atom is 0.0931 e. The van der Waals surface area contributed by atoms with Crippen molar-refractivity contribution < 1.29 is 9.47 Å². The fourth-order valence-electron chi connectivity index (χ4n) is 2.65. The lowest BCUT2D eigenvalue weighted by molar-refractivity contribution is -0.0313. The highest BCUT2D eigenvalue weighted by Gasteiger charge is 2.15. The third-order valence-corrected chi connectivity index (χ3v) is 3.91. The molecular weight excluding hydrogens is 298 g/mol. The third-order valence-electron chi connectivity index (χ3n) is 3.91. The van der Waals surface area contributed by atoms with Crippen LogP contribution in [0.15, 0.2) is 60.7 Å². The van der Waals surface area contributed by atoms with E-state index in [0.717, 1.165) is 19.6 Å². The highest BCUT2D eigenvalue weighted by atomic mass is 16.5. The molecule has 130 valence electrons. The molecular formula is C21H29NO2. The molecule has 24 heavy (non-hydrogen) atoms. The van der Waals surface area contributed by atoms with Crippen LogP contribution in [0.2, 0.25) is 0 Å². The van der Waals surface area contributed by atoms with Crippen LogP contribution in [0, 0.1) is 0 Å². The van der Waals surface area contributed by atoms with Gasteiger partial charge in [0.25, 0.3) is 0 Å². The molecule has 0 aliphatic heterocycles. The van der Waals surface area contributed by atoms with Crippen LogP contribution in [0.1, 0.15) is 25.0 Å². The van der Waals surface area contributed by atoms with Gasteiger partial charge in [-0.1, -0.05) is 60.7 Å². The van der Waals surface area contributed by atoms with Crippen molar-refractivity contribution in [3.05, 3.63) is 71.8 Å². The predicted octanol–water partition coefficient (Wildman–Crippen LogP) is 4.13. The summed E-state index contributed by atoms with van der Waals surface area (Å²) in [5.41, 5.74) is 2.63. The highest BCUT2D eigenvalue weighted by molar-refractivity contribution is 5.17. The van der Waals surface area contributed by atoms with Crippen LogP contribution in [0.3, 0.4) is 0 Å². The molecule has 0 aliphatic carbocycles. The first kappa shape index (κ1) is 18.7. The molecule has 0 N–H and O–H groups in total. The van der Waals surface area contributed by atoms with Crippen LogP contribution in [0.4, 0.5) is 0 Å². The second-order valence-electron chi connectivity index (χ2n) is 6.38. The Morgan fingerprint density at radius 3 is 1.75 bits per heavy atom. The molecule has 1 unspecified atom stereocenters. The molecule has 0 aromatic heterocycles. The molecule has 0 bridgehead atoms. The number of methoxy groups -OCH3 is 1. The first-order valence-electron chi connectivity index (χ1n) is 8.62. The van der Waals surface area contributed by atoms with E-state index in [-0.39, 0.29) is 12.2 Å². The quantitative estimate of drug-likeness (QED) is 0.655. The zero-order valence-electron chi connectivity index (χ0n) is 15.0. The molecule has 0 fully saturated rings. The molecule has 0 saturated heterocycles. The summed E-state index contributed by atoms with van der Waals surface area (Å²) in [6.07, 6.45) is 0.291. The minimum atomic E-state index is 0.0693. The summed E-state index contributed by atoms with van der Waals surface area (Å²) in [5, 5.41) is 0. The van der Waals surface area contributed by atoms with Gasteiger partial charge in [0.1, 0.15) is 0 Å². The molecule has 0 heterocycles. The second kappa shape index (κ2) is 10.2. The van der Waals surface area contributed by atoms with Gasteiger partial charge in [-0.2, -0.15) is 0 Å². The zero-order chi connectivity index (χ0) is 17.2. The lowest BCUT2D eigenvalue weighted by atomic mass is 10.1. The number of hydrogen-bond acceptors (Lipinski definition) is 3. The summed E-state index contributed by atoms with van der Waals surface area (Å²) < 4.78 is 11.4. The van der Waals surface area contributed by atoms with Crippen LogP contribution in [0.25, 0.3) is 0 Å². The smallest absolute Gasteiger partial charge is 0.0931 e. The zero-order valence-corrected chi connectivity index (χ0v) is 15.0. The van der Waals surface area contributed by atoms with Crippen molar-refractivity contribution in [1.82, 2.24) is 4.90 Å². The van der Waals surface area contributed by atoms with Gasteiger partial charge in [-0.25, -0.2) is 0 Å². The Labute approximate surface area is 146 Å². The Morgan fingerprint density at radius 2 is 1.33 bits per heavy atom. The number of benzene rings is 2.